The van der Waals surface area contributed by atoms with Crippen LogP contribution in [0.3, 0.4) is 0 Å². The number of rotatable bonds is 3. The van der Waals surface area contributed by atoms with Gasteiger partial charge in [0.2, 0.25) is 0 Å². The van der Waals surface area contributed by atoms with Crippen molar-refractivity contribution >= 4 is 40.4 Å². The molecule has 3 aromatic rings. The van der Waals surface area contributed by atoms with E-state index in [-0.39, 0.29) is 12.1 Å². The lowest BCUT2D eigenvalue weighted by Crippen LogP contribution is -2.48. The molecule has 4 rings (SSSR count). The smallest absolute Gasteiger partial charge is 0.262 e. The van der Waals surface area contributed by atoms with Gasteiger partial charge in [-0.1, -0.05) is 24.3 Å². The average Bonchev–Trinajstić information content (AvgIpc) is 3.10. The summed E-state index contributed by atoms with van der Waals surface area (Å²) < 4.78 is 0. The minimum Gasteiger partial charge on any atom is -0.349 e. The van der Waals surface area contributed by atoms with Crippen LogP contribution < -0.4 is 9.80 Å². The van der Waals surface area contributed by atoms with E-state index in [2.05, 4.69) is 43.3 Å². The lowest BCUT2D eigenvalue weighted by molar-refractivity contribution is 0.0969. The van der Waals surface area contributed by atoms with Gasteiger partial charge in [-0.25, -0.2) is 0 Å². The molecule has 1 amide bonds. The number of thiophene rings is 1. The maximum atomic E-state index is 13.5. The zero-order valence-corrected chi connectivity index (χ0v) is 16.6. The van der Waals surface area contributed by atoms with Crippen LogP contribution in [0.1, 0.15) is 26.3 Å². The summed E-state index contributed by atoms with van der Waals surface area (Å²) in [4.78, 5) is 21.2. The molecule has 0 radical (unpaired) electrons. The van der Waals surface area contributed by atoms with Crippen molar-refractivity contribution in [2.24, 2.45) is 0 Å². The standard InChI is InChI=1S/C21H20N2OS2/c1-14-12-13-19(26-14)20-22(2)16-9-5-4-8-15(16)21(24)23(20)17-10-6-7-11-18(17)25-3/h4-13,20H,1-3H3. The van der Waals surface area contributed by atoms with Crippen LogP contribution in [-0.4, -0.2) is 19.2 Å². The number of hydrogen-bond donors (Lipinski definition) is 0. The number of carbonyl (C=O) groups excluding carboxylic acids is 1. The molecule has 1 aliphatic heterocycles. The summed E-state index contributed by atoms with van der Waals surface area (Å²) >= 11 is 3.41. The van der Waals surface area contributed by atoms with E-state index in [0.717, 1.165) is 21.8 Å². The van der Waals surface area contributed by atoms with Crippen molar-refractivity contribution in [3.63, 3.8) is 0 Å². The van der Waals surface area contributed by atoms with Gasteiger partial charge in [-0.2, -0.15) is 0 Å². The first kappa shape index (κ1) is 17.2. The molecule has 132 valence electrons. The van der Waals surface area contributed by atoms with E-state index in [9.17, 15) is 4.79 Å². The monoisotopic (exact) mass is 380 g/mol. The van der Waals surface area contributed by atoms with Crippen molar-refractivity contribution in [3.8, 4) is 0 Å². The molecule has 0 N–H and O–H groups in total. The summed E-state index contributed by atoms with van der Waals surface area (Å²) in [5.41, 5.74) is 2.68. The molecule has 5 heteroatoms. The molecule has 2 heterocycles. The van der Waals surface area contributed by atoms with E-state index in [1.165, 1.54) is 9.75 Å². The topological polar surface area (TPSA) is 23.6 Å². The van der Waals surface area contributed by atoms with Gasteiger partial charge in [0.1, 0.15) is 6.17 Å². The van der Waals surface area contributed by atoms with Crippen molar-refractivity contribution in [2.75, 3.05) is 23.1 Å². The fourth-order valence-electron chi connectivity index (χ4n) is 3.49. The average molecular weight is 381 g/mol. The van der Waals surface area contributed by atoms with Gasteiger partial charge in [-0.15, -0.1) is 23.1 Å². The van der Waals surface area contributed by atoms with Crippen molar-refractivity contribution in [2.45, 2.75) is 18.0 Å². The second-order valence-electron chi connectivity index (χ2n) is 6.30. The number of nitrogens with zero attached hydrogens (tertiary/aromatic N) is 2. The van der Waals surface area contributed by atoms with Gasteiger partial charge >= 0.3 is 0 Å². The molecule has 0 bridgehead atoms. The zero-order valence-electron chi connectivity index (χ0n) is 15.0. The number of anilines is 2. The lowest BCUT2D eigenvalue weighted by atomic mass is 10.0. The van der Waals surface area contributed by atoms with E-state index in [1.54, 1.807) is 23.1 Å². The Balaban J connectivity index is 1.95. The van der Waals surface area contributed by atoms with Gasteiger partial charge in [0.15, 0.2) is 0 Å². The molecule has 0 aliphatic carbocycles. The Morgan fingerprint density at radius 3 is 2.35 bits per heavy atom. The highest BCUT2D eigenvalue weighted by Gasteiger charge is 2.39. The molecule has 2 aromatic carbocycles. The van der Waals surface area contributed by atoms with Gasteiger partial charge in [0.05, 0.1) is 16.9 Å². The van der Waals surface area contributed by atoms with Crippen LogP contribution in [0, 0.1) is 6.92 Å². The van der Waals surface area contributed by atoms with Crippen molar-refractivity contribution in [1.82, 2.24) is 0 Å². The number of para-hydroxylation sites is 2. The highest BCUT2D eigenvalue weighted by atomic mass is 32.2. The molecular formula is C21H20N2OS2. The maximum Gasteiger partial charge on any atom is 0.262 e. The van der Waals surface area contributed by atoms with Crippen molar-refractivity contribution in [3.05, 3.63) is 76.0 Å². The summed E-state index contributed by atoms with van der Waals surface area (Å²) in [7, 11) is 2.07. The van der Waals surface area contributed by atoms with Crippen LogP contribution in [0.25, 0.3) is 0 Å². The Morgan fingerprint density at radius 1 is 0.962 bits per heavy atom. The van der Waals surface area contributed by atoms with E-state index >= 15 is 0 Å². The van der Waals surface area contributed by atoms with Gasteiger partial charge in [0.25, 0.3) is 5.91 Å². The predicted octanol–water partition coefficient (Wildman–Crippen LogP) is 5.57. The summed E-state index contributed by atoms with van der Waals surface area (Å²) in [5, 5.41) is 0. The molecule has 0 spiro atoms. The third kappa shape index (κ3) is 2.72. The minimum atomic E-state index is -0.149. The first-order chi connectivity index (χ1) is 12.6. The Labute approximate surface area is 162 Å². The van der Waals surface area contributed by atoms with E-state index in [4.69, 9.17) is 0 Å². The fourth-order valence-corrected chi connectivity index (χ4v) is 5.09. The summed E-state index contributed by atoms with van der Waals surface area (Å²) in [6.07, 6.45) is 1.90. The first-order valence-corrected chi connectivity index (χ1v) is 10.5. The van der Waals surface area contributed by atoms with Gasteiger partial charge in [-0.05, 0) is 49.6 Å². The molecule has 0 fully saturated rings. The SMILES string of the molecule is CSc1ccccc1N1C(=O)c2ccccc2N(C)C1c1ccc(C)s1. The Bertz CT molecular complexity index is 966. The molecular weight excluding hydrogens is 360 g/mol. The molecule has 1 aromatic heterocycles. The second kappa shape index (κ2) is 6.82. The molecule has 1 unspecified atom stereocenters. The summed E-state index contributed by atoms with van der Waals surface area (Å²) in [5.74, 6) is 0.0521. The largest absolute Gasteiger partial charge is 0.349 e. The van der Waals surface area contributed by atoms with Gasteiger partial charge in [-0.3, -0.25) is 9.69 Å². The third-order valence-electron chi connectivity index (χ3n) is 4.71. The Kier molecular flexibility index (Phi) is 4.51. The molecule has 3 nitrogen and oxygen atoms in total. The first-order valence-electron chi connectivity index (χ1n) is 8.46. The summed E-state index contributed by atoms with van der Waals surface area (Å²) in [6, 6.07) is 20.3. The highest BCUT2D eigenvalue weighted by Crippen LogP contribution is 2.44. The predicted molar refractivity (Wildman–Crippen MR) is 112 cm³/mol. The summed E-state index contributed by atoms with van der Waals surface area (Å²) in [6.45, 7) is 2.10. The Morgan fingerprint density at radius 2 is 1.65 bits per heavy atom. The van der Waals surface area contributed by atoms with Crippen molar-refractivity contribution < 1.29 is 4.79 Å². The number of hydrogen-bond acceptors (Lipinski definition) is 4. The van der Waals surface area contributed by atoms with Gasteiger partial charge < -0.3 is 4.90 Å². The van der Waals surface area contributed by atoms with E-state index in [1.807, 2.05) is 47.4 Å². The van der Waals surface area contributed by atoms with E-state index < -0.39 is 0 Å². The number of fused-ring (bicyclic) bond motifs is 1. The lowest BCUT2D eigenvalue weighted by Gasteiger charge is -2.43. The molecule has 26 heavy (non-hydrogen) atoms. The molecule has 1 aliphatic rings. The van der Waals surface area contributed by atoms with Gasteiger partial charge in [0, 0.05) is 21.7 Å². The van der Waals surface area contributed by atoms with Crippen LogP contribution in [0.4, 0.5) is 11.4 Å². The number of thioether (sulfide) groups is 1. The molecule has 0 saturated heterocycles. The fraction of sp³-hybridized carbons (Fsp3) is 0.190. The zero-order chi connectivity index (χ0) is 18.3. The maximum absolute atomic E-state index is 13.5. The number of amides is 1. The molecule has 0 saturated carbocycles. The molecule has 1 atom stereocenters. The van der Waals surface area contributed by atoms with Crippen LogP contribution >= 0.6 is 23.1 Å². The second-order valence-corrected chi connectivity index (χ2v) is 8.46. The quantitative estimate of drug-likeness (QED) is 0.555. The van der Waals surface area contributed by atoms with Crippen LogP contribution in [-0.2, 0) is 0 Å². The Hall–Kier alpha value is -2.24. The third-order valence-corrected chi connectivity index (χ3v) is 6.53. The van der Waals surface area contributed by atoms with Crippen molar-refractivity contribution in [1.29, 1.82) is 0 Å². The van der Waals surface area contributed by atoms with Crippen LogP contribution in [0.5, 0.6) is 0 Å². The normalized spacial score (nSPS) is 16.7. The van der Waals surface area contributed by atoms with E-state index in [0.29, 0.717) is 0 Å². The minimum absolute atomic E-state index is 0.0521. The van der Waals surface area contributed by atoms with Crippen LogP contribution in [0.2, 0.25) is 0 Å². The van der Waals surface area contributed by atoms with Crippen LogP contribution in [0.15, 0.2) is 65.6 Å². The number of aryl methyl sites for hydroxylation is 1. The number of benzene rings is 2. The highest BCUT2D eigenvalue weighted by molar-refractivity contribution is 7.98. The number of carbonyl (C=O) groups is 1.